The highest BCUT2D eigenvalue weighted by molar-refractivity contribution is 7.25. The Kier molecular flexibility index (Phi) is 7.32. The van der Waals surface area contributed by atoms with Gasteiger partial charge in [-0.3, -0.25) is 0 Å². The molecule has 0 spiro atoms. The van der Waals surface area contributed by atoms with E-state index in [-0.39, 0.29) is 0 Å². The van der Waals surface area contributed by atoms with Crippen LogP contribution in [0.1, 0.15) is 0 Å². The maximum atomic E-state index is 6.73. The van der Waals surface area contributed by atoms with Crippen LogP contribution in [0.2, 0.25) is 0 Å². The summed E-state index contributed by atoms with van der Waals surface area (Å²) in [7, 11) is 0. The van der Waals surface area contributed by atoms with Crippen LogP contribution in [0, 0.1) is 0 Å². The zero-order valence-corrected chi connectivity index (χ0v) is 30.4. The first-order chi connectivity index (χ1) is 27.2. The van der Waals surface area contributed by atoms with Gasteiger partial charge in [0.05, 0.1) is 17.1 Å². The number of benzene rings is 8. The fraction of sp³-hybridized carbons (Fsp3) is 0. The molecular formula is C50H31N3OS. The molecule has 0 fully saturated rings. The van der Waals surface area contributed by atoms with Gasteiger partial charge in [0, 0.05) is 69.8 Å². The van der Waals surface area contributed by atoms with Gasteiger partial charge in [0.15, 0.2) is 5.82 Å². The summed E-state index contributed by atoms with van der Waals surface area (Å²) in [5.74, 6) is 0.691. The molecule has 0 atom stereocenters. The van der Waals surface area contributed by atoms with Crippen LogP contribution in [0.25, 0.3) is 86.8 Å². The van der Waals surface area contributed by atoms with E-state index < -0.39 is 0 Å². The fourth-order valence-corrected chi connectivity index (χ4v) is 8.99. The number of nitrogens with zero attached hydrogens (tertiary/aromatic N) is 3. The van der Waals surface area contributed by atoms with E-state index >= 15 is 0 Å². The first-order valence-electron chi connectivity index (χ1n) is 18.4. The minimum absolute atomic E-state index is 0.691. The molecule has 0 amide bonds. The first kappa shape index (κ1) is 31.4. The molecule has 5 heteroatoms. The van der Waals surface area contributed by atoms with E-state index in [9.17, 15) is 0 Å². The number of fused-ring (bicyclic) bond motifs is 8. The molecule has 0 aliphatic heterocycles. The van der Waals surface area contributed by atoms with Crippen molar-refractivity contribution in [3.63, 3.8) is 0 Å². The third kappa shape index (κ3) is 5.36. The lowest BCUT2D eigenvalue weighted by Crippen LogP contribution is -2.10. The predicted molar refractivity (Wildman–Crippen MR) is 231 cm³/mol. The summed E-state index contributed by atoms with van der Waals surface area (Å²) >= 11 is 1.84. The molecule has 0 saturated heterocycles. The van der Waals surface area contributed by atoms with Crippen molar-refractivity contribution < 1.29 is 4.42 Å². The summed E-state index contributed by atoms with van der Waals surface area (Å²) in [6, 6.07) is 66.1. The van der Waals surface area contributed by atoms with Gasteiger partial charge in [-0.2, -0.15) is 0 Å². The SMILES string of the molecule is c1ccc(-c2cc(-c3ccc4oc5c6ccccc6c(N(c6ccccc6)c6ccc7c(c6)sc6ccccc67)cc5c4c3)nc(-c3ccccc3)n2)cc1. The third-order valence-corrected chi connectivity index (χ3v) is 11.6. The molecule has 0 unspecified atom stereocenters. The van der Waals surface area contributed by atoms with Crippen molar-refractivity contribution in [1.29, 1.82) is 0 Å². The van der Waals surface area contributed by atoms with Crippen molar-refractivity contribution in [2.75, 3.05) is 4.90 Å². The molecule has 3 aromatic heterocycles. The zero-order valence-electron chi connectivity index (χ0n) is 29.6. The molecule has 0 N–H and O–H groups in total. The van der Waals surface area contributed by atoms with Crippen molar-refractivity contribution in [2.45, 2.75) is 0 Å². The van der Waals surface area contributed by atoms with Crippen LogP contribution in [0.3, 0.4) is 0 Å². The van der Waals surface area contributed by atoms with Gasteiger partial charge in [-0.25, -0.2) is 9.97 Å². The van der Waals surface area contributed by atoms with Gasteiger partial charge in [-0.15, -0.1) is 11.3 Å². The standard InChI is InChI=1S/C50H31N3OS/c1-4-14-32(15-5-1)43-31-44(52-50(51-43)33-16-6-2-7-17-33)34-24-27-46-41(28-34)42-30-45(37-20-10-11-22-40(37)49(42)54-46)53(35-18-8-3-9-19-35)36-25-26-39-38-21-12-13-23-47(38)55-48(39)29-36/h1-31H. The smallest absolute Gasteiger partial charge is 0.160 e. The van der Waals surface area contributed by atoms with Gasteiger partial charge in [-0.1, -0.05) is 127 Å². The van der Waals surface area contributed by atoms with Crippen molar-refractivity contribution >= 4 is 81.3 Å². The summed E-state index contributed by atoms with van der Waals surface area (Å²) in [5.41, 5.74) is 9.73. The molecule has 11 aromatic rings. The molecule has 0 radical (unpaired) electrons. The summed E-state index contributed by atoms with van der Waals surface area (Å²) in [6.45, 7) is 0. The van der Waals surface area contributed by atoms with E-state index in [0.717, 1.165) is 77.9 Å². The van der Waals surface area contributed by atoms with E-state index in [0.29, 0.717) is 5.82 Å². The Bertz CT molecular complexity index is 3150. The molecule has 8 aromatic carbocycles. The van der Waals surface area contributed by atoms with Gasteiger partial charge in [0.25, 0.3) is 0 Å². The lowest BCUT2D eigenvalue weighted by Gasteiger charge is -2.27. The highest BCUT2D eigenvalue weighted by atomic mass is 32.1. The second kappa shape index (κ2) is 12.8. The van der Waals surface area contributed by atoms with Crippen LogP contribution >= 0.6 is 11.3 Å². The van der Waals surface area contributed by atoms with Gasteiger partial charge >= 0.3 is 0 Å². The van der Waals surface area contributed by atoms with Crippen LogP contribution in [-0.4, -0.2) is 9.97 Å². The molecular weight excluding hydrogens is 691 g/mol. The second-order valence-corrected chi connectivity index (χ2v) is 14.9. The van der Waals surface area contributed by atoms with E-state index in [1.54, 1.807) is 0 Å². The van der Waals surface area contributed by atoms with Crippen LogP contribution in [0.4, 0.5) is 17.1 Å². The lowest BCUT2D eigenvalue weighted by atomic mass is 10.0. The number of rotatable bonds is 6. The average Bonchev–Trinajstić information content (AvgIpc) is 3.82. The van der Waals surface area contributed by atoms with Crippen molar-refractivity contribution in [3.05, 3.63) is 188 Å². The Labute approximate surface area is 321 Å². The van der Waals surface area contributed by atoms with Gasteiger partial charge in [0.1, 0.15) is 11.2 Å². The van der Waals surface area contributed by atoms with E-state index in [1.807, 2.05) is 47.7 Å². The molecule has 3 heterocycles. The largest absolute Gasteiger partial charge is 0.455 e. The number of hydrogen-bond acceptors (Lipinski definition) is 5. The van der Waals surface area contributed by atoms with E-state index in [1.165, 1.54) is 20.2 Å². The normalized spacial score (nSPS) is 11.6. The number of thiophene rings is 1. The number of aromatic nitrogens is 2. The monoisotopic (exact) mass is 721 g/mol. The Morgan fingerprint density at radius 3 is 1.82 bits per heavy atom. The fourth-order valence-electron chi connectivity index (χ4n) is 7.85. The Morgan fingerprint density at radius 1 is 0.400 bits per heavy atom. The third-order valence-electron chi connectivity index (χ3n) is 10.5. The van der Waals surface area contributed by atoms with Crippen molar-refractivity contribution in [2.24, 2.45) is 0 Å². The van der Waals surface area contributed by atoms with Crippen LogP contribution in [-0.2, 0) is 0 Å². The summed E-state index contributed by atoms with van der Waals surface area (Å²) < 4.78 is 9.29. The molecule has 4 nitrogen and oxygen atoms in total. The predicted octanol–water partition coefficient (Wildman–Crippen LogP) is 14.4. The minimum Gasteiger partial charge on any atom is -0.455 e. The molecule has 0 saturated carbocycles. The summed E-state index contributed by atoms with van der Waals surface area (Å²) in [5, 5.41) is 6.84. The minimum atomic E-state index is 0.691. The Balaban J connectivity index is 1.14. The molecule has 11 rings (SSSR count). The first-order valence-corrected chi connectivity index (χ1v) is 19.2. The number of furan rings is 1. The highest BCUT2D eigenvalue weighted by Gasteiger charge is 2.22. The van der Waals surface area contributed by atoms with E-state index in [2.05, 4.69) is 157 Å². The number of anilines is 3. The maximum absolute atomic E-state index is 6.73. The second-order valence-electron chi connectivity index (χ2n) is 13.8. The van der Waals surface area contributed by atoms with Gasteiger partial charge < -0.3 is 9.32 Å². The zero-order chi connectivity index (χ0) is 36.3. The van der Waals surface area contributed by atoms with Crippen molar-refractivity contribution in [1.82, 2.24) is 9.97 Å². The quantitative estimate of drug-likeness (QED) is 0.171. The van der Waals surface area contributed by atoms with Gasteiger partial charge in [0.2, 0.25) is 0 Å². The average molecular weight is 722 g/mol. The van der Waals surface area contributed by atoms with Crippen LogP contribution in [0.5, 0.6) is 0 Å². The molecule has 0 aliphatic rings. The molecule has 55 heavy (non-hydrogen) atoms. The topological polar surface area (TPSA) is 42.2 Å². The van der Waals surface area contributed by atoms with Crippen LogP contribution in [0.15, 0.2) is 192 Å². The Morgan fingerprint density at radius 2 is 1.04 bits per heavy atom. The number of hydrogen-bond donors (Lipinski definition) is 0. The van der Waals surface area contributed by atoms with Gasteiger partial charge in [-0.05, 0) is 60.7 Å². The molecule has 258 valence electrons. The molecule has 0 aliphatic carbocycles. The highest BCUT2D eigenvalue weighted by Crippen LogP contribution is 2.46. The lowest BCUT2D eigenvalue weighted by molar-refractivity contribution is 0.672. The van der Waals surface area contributed by atoms with Crippen molar-refractivity contribution in [3.8, 4) is 33.9 Å². The van der Waals surface area contributed by atoms with Crippen LogP contribution < -0.4 is 4.90 Å². The maximum Gasteiger partial charge on any atom is 0.160 e. The summed E-state index contributed by atoms with van der Waals surface area (Å²) in [6.07, 6.45) is 0. The number of para-hydroxylation sites is 1. The van der Waals surface area contributed by atoms with E-state index in [4.69, 9.17) is 14.4 Å². The Hall–Kier alpha value is -7.08. The summed E-state index contributed by atoms with van der Waals surface area (Å²) in [4.78, 5) is 12.5. The molecule has 0 bridgehead atoms.